The van der Waals surface area contributed by atoms with E-state index in [0.717, 1.165) is 0 Å². The van der Waals surface area contributed by atoms with Crippen LogP contribution in [0.15, 0.2) is 18.2 Å². The van der Waals surface area contributed by atoms with Crippen molar-refractivity contribution in [2.75, 3.05) is 0 Å². The summed E-state index contributed by atoms with van der Waals surface area (Å²) in [6.45, 7) is 0. The number of rotatable bonds is 0. The summed E-state index contributed by atoms with van der Waals surface area (Å²) in [5, 5.41) is 0.118. The van der Waals surface area contributed by atoms with Crippen LogP contribution in [0.2, 0.25) is 5.02 Å². The van der Waals surface area contributed by atoms with Crippen LogP contribution in [0, 0.1) is 11.9 Å². The van der Waals surface area contributed by atoms with Gasteiger partial charge in [-0.25, -0.2) is 4.39 Å². The molecule has 0 atom stereocenters. The molecule has 0 aliphatic carbocycles. The maximum atomic E-state index is 12.1. The van der Waals surface area contributed by atoms with Gasteiger partial charge in [0, 0.05) is 5.82 Å². The Morgan fingerprint density at radius 1 is 1.56 bits per heavy atom. The van der Waals surface area contributed by atoms with Gasteiger partial charge in [0.2, 0.25) is 0 Å². The summed E-state index contributed by atoms with van der Waals surface area (Å²) >= 11 is 5.30. The molecule has 0 bridgehead atoms. The van der Waals surface area contributed by atoms with Gasteiger partial charge in [-0.05, 0) is 5.02 Å². The van der Waals surface area contributed by atoms with E-state index in [1.54, 1.807) is 6.07 Å². The molecular weight excluding hydrogens is 133 g/mol. The summed E-state index contributed by atoms with van der Waals surface area (Å²) < 4.78 is 12.1. The maximum Gasteiger partial charge on any atom is 1.00 e. The zero-order valence-electron chi connectivity index (χ0n) is 4.99. The summed E-state index contributed by atoms with van der Waals surface area (Å²) in [6.07, 6.45) is 0. The molecule has 0 fully saturated rings. The quantitative estimate of drug-likeness (QED) is 0.326. The predicted molar refractivity (Wildman–Crippen MR) is 30.2 cm³/mol. The van der Waals surface area contributed by atoms with E-state index in [0.29, 0.717) is 0 Å². The average Bonchev–Trinajstić information content (AvgIpc) is 1.77. The van der Waals surface area contributed by atoms with Crippen molar-refractivity contribution >= 4 is 11.6 Å². The van der Waals surface area contributed by atoms with E-state index >= 15 is 0 Å². The van der Waals surface area contributed by atoms with Crippen molar-refractivity contribution in [3.05, 3.63) is 35.1 Å². The van der Waals surface area contributed by atoms with Crippen molar-refractivity contribution in [1.82, 2.24) is 0 Å². The minimum atomic E-state index is -0.492. The molecule has 0 nitrogen and oxygen atoms in total. The molecule has 0 saturated heterocycles. The number of hydrogen-bond donors (Lipinski definition) is 0. The Labute approximate surface area is 70.2 Å². The molecule has 1 aromatic carbocycles. The van der Waals surface area contributed by atoms with Crippen LogP contribution in [0.3, 0.4) is 0 Å². The minimum Gasteiger partial charge on any atom is -0.235 e. The first-order valence-electron chi connectivity index (χ1n) is 2.12. The van der Waals surface area contributed by atoms with E-state index in [-0.39, 0.29) is 23.9 Å². The molecule has 0 heterocycles. The van der Waals surface area contributed by atoms with Crippen molar-refractivity contribution in [2.24, 2.45) is 0 Å². The molecule has 1 aromatic rings. The van der Waals surface area contributed by atoms with Crippen LogP contribution >= 0.6 is 11.6 Å². The summed E-state index contributed by atoms with van der Waals surface area (Å²) in [6, 6.07) is 6.88. The van der Waals surface area contributed by atoms with Crippen molar-refractivity contribution in [1.29, 1.82) is 0 Å². The fourth-order valence-electron chi connectivity index (χ4n) is 0.396. The van der Waals surface area contributed by atoms with Crippen LogP contribution < -0.4 is 18.9 Å². The van der Waals surface area contributed by atoms with Gasteiger partial charge in [-0.3, -0.25) is 0 Å². The molecule has 0 unspecified atom stereocenters. The third-order valence-electron chi connectivity index (χ3n) is 0.759. The maximum absolute atomic E-state index is 12.1. The first kappa shape index (κ1) is 9.04. The molecule has 0 spiro atoms. The van der Waals surface area contributed by atoms with Crippen LogP contribution in [-0.2, 0) is 0 Å². The molecule has 0 saturated carbocycles. The summed E-state index contributed by atoms with van der Waals surface area (Å²) in [4.78, 5) is 0. The zero-order chi connectivity index (χ0) is 5.98. The van der Waals surface area contributed by atoms with Gasteiger partial charge in [0.25, 0.3) is 0 Å². The van der Waals surface area contributed by atoms with Gasteiger partial charge in [-0.15, -0.1) is 6.07 Å². The molecule has 0 aliphatic rings. The second kappa shape index (κ2) is 3.95. The largest absolute Gasteiger partial charge is 1.00 e. The molecule has 9 heavy (non-hydrogen) atoms. The van der Waals surface area contributed by atoms with E-state index in [4.69, 9.17) is 11.6 Å². The van der Waals surface area contributed by atoms with E-state index in [1.807, 2.05) is 0 Å². The van der Waals surface area contributed by atoms with E-state index in [2.05, 4.69) is 6.07 Å². The molecule has 42 valence electrons. The van der Waals surface area contributed by atoms with Gasteiger partial charge in [-0.1, -0.05) is 0 Å². The first-order valence-corrected chi connectivity index (χ1v) is 2.50. The SMILES string of the molecule is Fc1[c-]cccc1Cl.[Li+]. The van der Waals surface area contributed by atoms with E-state index in [9.17, 15) is 4.39 Å². The third-order valence-corrected chi connectivity index (χ3v) is 1.05. The van der Waals surface area contributed by atoms with Crippen LogP contribution in [0.25, 0.3) is 0 Å². The number of hydrogen-bond acceptors (Lipinski definition) is 0. The van der Waals surface area contributed by atoms with Crippen molar-refractivity contribution in [3.8, 4) is 0 Å². The fourth-order valence-corrected chi connectivity index (χ4v) is 0.523. The second-order valence-electron chi connectivity index (χ2n) is 1.33. The molecule has 0 aromatic heterocycles. The fraction of sp³-hybridized carbons (Fsp3) is 0. The smallest absolute Gasteiger partial charge is 0.235 e. The standard InChI is InChI=1S/C6H3ClF.Li/c7-5-3-1-2-4-6(5)8;/h1-3H;/q-1;+1. The Balaban J connectivity index is 0.000000640. The van der Waals surface area contributed by atoms with Crippen LogP contribution in [-0.4, -0.2) is 0 Å². The second-order valence-corrected chi connectivity index (χ2v) is 1.74. The average molecular weight is 136 g/mol. The van der Waals surface area contributed by atoms with Crippen LogP contribution in [0.4, 0.5) is 4.39 Å². The normalized spacial score (nSPS) is 8.22. The van der Waals surface area contributed by atoms with Gasteiger partial charge < -0.3 is 0 Å². The molecular formula is C6H3ClFLi. The summed E-state index contributed by atoms with van der Waals surface area (Å²) in [5.74, 6) is -0.492. The third kappa shape index (κ3) is 2.40. The molecule has 3 heteroatoms. The summed E-state index contributed by atoms with van der Waals surface area (Å²) in [7, 11) is 0. The van der Waals surface area contributed by atoms with Crippen molar-refractivity contribution in [2.45, 2.75) is 0 Å². The number of benzene rings is 1. The van der Waals surface area contributed by atoms with E-state index in [1.165, 1.54) is 12.1 Å². The first-order chi connectivity index (χ1) is 3.80. The Kier molecular flexibility index (Phi) is 3.97. The van der Waals surface area contributed by atoms with Crippen LogP contribution in [0.1, 0.15) is 0 Å². The molecule has 0 aliphatic heterocycles. The Bertz CT molecular complexity index is 169. The van der Waals surface area contributed by atoms with Gasteiger partial charge in [0.05, 0.1) is 0 Å². The van der Waals surface area contributed by atoms with E-state index < -0.39 is 5.82 Å². The molecule has 0 N–H and O–H groups in total. The predicted octanol–water partition coefficient (Wildman–Crippen LogP) is -0.717. The van der Waals surface area contributed by atoms with Crippen molar-refractivity contribution < 1.29 is 23.3 Å². The number of halogens is 2. The van der Waals surface area contributed by atoms with Crippen LogP contribution in [0.5, 0.6) is 0 Å². The molecule has 1 rings (SSSR count). The Morgan fingerprint density at radius 2 is 2.22 bits per heavy atom. The Morgan fingerprint density at radius 3 is 2.56 bits per heavy atom. The minimum absolute atomic E-state index is 0. The zero-order valence-corrected chi connectivity index (χ0v) is 5.74. The Hall–Kier alpha value is 0.0374. The van der Waals surface area contributed by atoms with Gasteiger partial charge >= 0.3 is 18.9 Å². The topological polar surface area (TPSA) is 0 Å². The van der Waals surface area contributed by atoms with Gasteiger partial charge in [-0.2, -0.15) is 29.8 Å². The monoisotopic (exact) mass is 136 g/mol. The summed E-state index contributed by atoms with van der Waals surface area (Å²) in [5.41, 5.74) is 0. The van der Waals surface area contributed by atoms with Gasteiger partial charge in [0.1, 0.15) is 0 Å². The molecule has 0 radical (unpaired) electrons. The van der Waals surface area contributed by atoms with Gasteiger partial charge in [0.15, 0.2) is 0 Å². The molecule has 0 amide bonds. The van der Waals surface area contributed by atoms with Crippen molar-refractivity contribution in [3.63, 3.8) is 0 Å².